The van der Waals surface area contributed by atoms with Gasteiger partial charge in [0, 0.05) is 11.8 Å². The summed E-state index contributed by atoms with van der Waals surface area (Å²) in [4.78, 5) is 13.4. The van der Waals surface area contributed by atoms with Gasteiger partial charge >= 0.3 is 0 Å². The number of aldehydes is 1. The summed E-state index contributed by atoms with van der Waals surface area (Å²) >= 11 is 1.48. The lowest BCUT2D eigenvalue weighted by Crippen LogP contribution is -2.01. The van der Waals surface area contributed by atoms with E-state index >= 15 is 0 Å². The third-order valence-corrected chi connectivity index (χ3v) is 2.44. The van der Waals surface area contributed by atoms with Crippen molar-refractivity contribution >= 4 is 28.9 Å². The maximum absolute atomic E-state index is 13.0. The average molecular weight is 301 g/mol. The molecule has 0 unspecified atom stereocenters. The number of alkyl halides is 2. The molecule has 0 aliphatic heterocycles. The van der Waals surface area contributed by atoms with E-state index in [2.05, 4.69) is 4.98 Å². The number of halogens is 4. The second kappa shape index (κ2) is 4.03. The molecule has 6 heteroatoms. The van der Waals surface area contributed by atoms with Crippen molar-refractivity contribution < 1.29 is 18.0 Å². The topological polar surface area (TPSA) is 30.0 Å². The molecule has 1 aromatic rings. The van der Waals surface area contributed by atoms with Crippen molar-refractivity contribution in [3.8, 4) is 0 Å². The number of hydrogen-bond donors (Lipinski definition) is 0. The van der Waals surface area contributed by atoms with E-state index in [0.717, 1.165) is 6.20 Å². The Morgan fingerprint density at radius 1 is 1.54 bits per heavy atom. The molecule has 70 valence electrons. The second-order valence-electron chi connectivity index (χ2n) is 2.15. The fourth-order valence-electron chi connectivity index (χ4n) is 0.726. The van der Waals surface area contributed by atoms with E-state index in [1.165, 1.54) is 22.6 Å². The summed E-state index contributed by atoms with van der Waals surface area (Å²) in [5.41, 5.74) is -0.947. The minimum absolute atomic E-state index is 0.0255. The van der Waals surface area contributed by atoms with Gasteiger partial charge in [0.1, 0.15) is 5.69 Å². The number of carbonyl (C=O) groups is 1. The molecule has 0 bridgehead atoms. The predicted octanol–water partition coefficient (Wildman–Crippen LogP) is 2.58. The minimum Gasteiger partial charge on any atom is -0.298 e. The lowest BCUT2D eigenvalue weighted by atomic mass is 10.2. The summed E-state index contributed by atoms with van der Waals surface area (Å²) in [6.45, 7) is 0. The quantitative estimate of drug-likeness (QED) is 0.621. The van der Waals surface area contributed by atoms with Crippen molar-refractivity contribution in [2.45, 2.75) is 6.43 Å². The molecule has 0 aromatic carbocycles. The molecule has 0 N–H and O–H groups in total. The Morgan fingerprint density at radius 2 is 2.15 bits per heavy atom. The SMILES string of the molecule is O=Cc1cnc(C(F)F)c(F)c1I. The highest BCUT2D eigenvalue weighted by molar-refractivity contribution is 14.1. The molecular formula is C7H3F3INO. The molecule has 1 aromatic heterocycles. The first-order valence-electron chi connectivity index (χ1n) is 3.15. The van der Waals surface area contributed by atoms with Gasteiger partial charge in [0.25, 0.3) is 6.43 Å². The molecule has 0 radical (unpaired) electrons. The number of carbonyl (C=O) groups excluding carboxylic acids is 1. The van der Waals surface area contributed by atoms with Crippen LogP contribution in [0.15, 0.2) is 6.20 Å². The molecule has 0 amide bonds. The first-order chi connectivity index (χ1) is 6.07. The fourth-order valence-corrected chi connectivity index (χ4v) is 1.27. The lowest BCUT2D eigenvalue weighted by Gasteiger charge is -2.03. The first kappa shape index (κ1) is 10.4. The van der Waals surface area contributed by atoms with Crippen LogP contribution in [0.5, 0.6) is 0 Å². The molecule has 0 spiro atoms. The third-order valence-electron chi connectivity index (χ3n) is 1.35. The van der Waals surface area contributed by atoms with Gasteiger partial charge in [0.05, 0.1) is 3.57 Å². The van der Waals surface area contributed by atoms with Crippen LogP contribution >= 0.6 is 22.6 Å². The summed E-state index contributed by atoms with van der Waals surface area (Å²) < 4.78 is 37.0. The molecule has 2 nitrogen and oxygen atoms in total. The number of aromatic nitrogens is 1. The molecule has 1 rings (SSSR count). The van der Waals surface area contributed by atoms with Crippen molar-refractivity contribution in [3.05, 3.63) is 26.8 Å². The molecule has 0 saturated carbocycles. The summed E-state index contributed by atoms with van der Waals surface area (Å²) in [5.74, 6) is -1.12. The van der Waals surface area contributed by atoms with E-state index in [0.29, 0.717) is 6.29 Å². The van der Waals surface area contributed by atoms with E-state index < -0.39 is 17.9 Å². The largest absolute Gasteiger partial charge is 0.298 e. The van der Waals surface area contributed by atoms with Crippen LogP contribution in [0, 0.1) is 9.39 Å². The van der Waals surface area contributed by atoms with E-state index in [-0.39, 0.29) is 9.13 Å². The maximum Gasteiger partial charge on any atom is 0.283 e. The second-order valence-corrected chi connectivity index (χ2v) is 3.22. The maximum atomic E-state index is 13.0. The third kappa shape index (κ3) is 1.98. The monoisotopic (exact) mass is 301 g/mol. The molecule has 0 saturated heterocycles. The Labute approximate surface area is 85.3 Å². The van der Waals surface area contributed by atoms with Crippen molar-refractivity contribution in [3.63, 3.8) is 0 Å². The smallest absolute Gasteiger partial charge is 0.283 e. The van der Waals surface area contributed by atoms with Gasteiger partial charge in [0.15, 0.2) is 12.1 Å². The molecule has 1 heterocycles. The first-order valence-corrected chi connectivity index (χ1v) is 4.23. The Kier molecular flexibility index (Phi) is 3.23. The van der Waals surface area contributed by atoms with Gasteiger partial charge in [0.2, 0.25) is 0 Å². The average Bonchev–Trinajstić information content (AvgIpc) is 2.09. The molecule has 0 aliphatic rings. The zero-order valence-electron chi connectivity index (χ0n) is 6.10. The normalized spacial score (nSPS) is 10.5. The van der Waals surface area contributed by atoms with E-state index in [4.69, 9.17) is 0 Å². The Balaban J connectivity index is 3.31. The zero-order chi connectivity index (χ0) is 10.0. The Morgan fingerprint density at radius 3 is 2.62 bits per heavy atom. The van der Waals surface area contributed by atoms with Crippen LogP contribution in [0.2, 0.25) is 0 Å². The molecule has 0 fully saturated rings. The number of nitrogens with zero attached hydrogens (tertiary/aromatic N) is 1. The fraction of sp³-hybridized carbons (Fsp3) is 0.143. The molecule has 0 atom stereocenters. The Bertz CT molecular complexity index is 343. The van der Waals surface area contributed by atoms with Crippen LogP contribution in [0.3, 0.4) is 0 Å². The van der Waals surface area contributed by atoms with E-state index in [1.54, 1.807) is 0 Å². The lowest BCUT2D eigenvalue weighted by molar-refractivity contribution is 0.111. The van der Waals surface area contributed by atoms with Crippen LogP contribution in [-0.2, 0) is 0 Å². The number of pyridine rings is 1. The van der Waals surface area contributed by atoms with Crippen molar-refractivity contribution in [2.75, 3.05) is 0 Å². The van der Waals surface area contributed by atoms with Gasteiger partial charge in [-0.15, -0.1) is 0 Å². The number of hydrogen-bond acceptors (Lipinski definition) is 2. The van der Waals surface area contributed by atoms with Gasteiger partial charge < -0.3 is 0 Å². The standard InChI is InChI=1S/C7H3F3INO/c8-4-5(11)3(2-13)1-12-6(4)7(9)10/h1-2,7H. The van der Waals surface area contributed by atoms with Crippen LogP contribution in [0.1, 0.15) is 22.5 Å². The van der Waals surface area contributed by atoms with Gasteiger partial charge in [-0.25, -0.2) is 13.2 Å². The summed E-state index contributed by atoms with van der Waals surface area (Å²) in [6.07, 6.45) is -1.67. The van der Waals surface area contributed by atoms with Crippen molar-refractivity contribution in [1.29, 1.82) is 0 Å². The number of rotatable bonds is 2. The van der Waals surface area contributed by atoms with E-state index in [9.17, 15) is 18.0 Å². The zero-order valence-corrected chi connectivity index (χ0v) is 8.26. The van der Waals surface area contributed by atoms with Gasteiger partial charge in [-0.05, 0) is 22.6 Å². The summed E-state index contributed by atoms with van der Waals surface area (Å²) in [7, 11) is 0. The predicted molar refractivity (Wildman–Crippen MR) is 47.3 cm³/mol. The summed E-state index contributed by atoms with van der Waals surface area (Å²) in [6, 6.07) is 0. The van der Waals surface area contributed by atoms with Crippen LogP contribution in [0.4, 0.5) is 13.2 Å². The van der Waals surface area contributed by atoms with Crippen LogP contribution in [-0.4, -0.2) is 11.3 Å². The van der Waals surface area contributed by atoms with Crippen LogP contribution in [0.25, 0.3) is 0 Å². The molecule has 0 aliphatic carbocycles. The van der Waals surface area contributed by atoms with Crippen molar-refractivity contribution in [1.82, 2.24) is 4.98 Å². The van der Waals surface area contributed by atoms with Crippen molar-refractivity contribution in [2.24, 2.45) is 0 Å². The molecular weight excluding hydrogens is 298 g/mol. The van der Waals surface area contributed by atoms with E-state index in [1.807, 2.05) is 0 Å². The highest BCUT2D eigenvalue weighted by atomic mass is 127. The van der Waals surface area contributed by atoms with Gasteiger partial charge in [-0.1, -0.05) is 0 Å². The highest BCUT2D eigenvalue weighted by Gasteiger charge is 2.19. The van der Waals surface area contributed by atoms with Gasteiger partial charge in [-0.3, -0.25) is 9.78 Å². The van der Waals surface area contributed by atoms with Gasteiger partial charge in [-0.2, -0.15) is 0 Å². The summed E-state index contributed by atoms with van der Waals surface area (Å²) in [5, 5.41) is 0. The minimum atomic E-state index is -2.96. The van der Waals surface area contributed by atoms with Crippen LogP contribution < -0.4 is 0 Å². The molecule has 13 heavy (non-hydrogen) atoms. The Hall–Kier alpha value is -0.660. The highest BCUT2D eigenvalue weighted by Crippen LogP contribution is 2.24.